The van der Waals surface area contributed by atoms with E-state index in [-0.39, 0.29) is 5.91 Å². The monoisotopic (exact) mass is 288 g/mol. The minimum Gasteiger partial charge on any atom is -0.384 e. The van der Waals surface area contributed by atoms with Crippen LogP contribution < -0.4 is 5.32 Å². The Balaban J connectivity index is 2.30. The molecule has 0 radical (unpaired) electrons. The van der Waals surface area contributed by atoms with Gasteiger partial charge in [-0.2, -0.15) is 0 Å². The van der Waals surface area contributed by atoms with Gasteiger partial charge in [0, 0.05) is 24.3 Å². The highest BCUT2D eigenvalue weighted by atomic mass is 16.2. The van der Waals surface area contributed by atoms with Crippen LogP contribution in [0.2, 0.25) is 0 Å². The van der Waals surface area contributed by atoms with E-state index in [2.05, 4.69) is 37.1 Å². The molecule has 1 aliphatic rings. The first-order valence-electron chi connectivity index (χ1n) is 8.21. The zero-order chi connectivity index (χ0) is 15.4. The second-order valence-corrected chi connectivity index (χ2v) is 6.32. The van der Waals surface area contributed by atoms with Crippen molar-refractivity contribution in [3.05, 3.63) is 29.3 Å². The van der Waals surface area contributed by atoms with Crippen LogP contribution in [0, 0.1) is 6.92 Å². The summed E-state index contributed by atoms with van der Waals surface area (Å²) in [7, 11) is 0. The highest BCUT2D eigenvalue weighted by Gasteiger charge is 2.30. The Morgan fingerprint density at radius 3 is 2.57 bits per heavy atom. The van der Waals surface area contributed by atoms with Gasteiger partial charge >= 0.3 is 0 Å². The van der Waals surface area contributed by atoms with Crippen molar-refractivity contribution in [3.63, 3.8) is 0 Å². The molecule has 21 heavy (non-hydrogen) atoms. The minimum absolute atomic E-state index is 0.178. The summed E-state index contributed by atoms with van der Waals surface area (Å²) in [6, 6.07) is 6.80. The average Bonchev–Trinajstić information content (AvgIpc) is 2.45. The third-order valence-electron chi connectivity index (χ3n) is 4.40. The van der Waals surface area contributed by atoms with E-state index >= 15 is 0 Å². The number of amides is 1. The Hall–Kier alpha value is -1.51. The van der Waals surface area contributed by atoms with Gasteiger partial charge in [-0.3, -0.25) is 4.79 Å². The van der Waals surface area contributed by atoms with Crippen molar-refractivity contribution in [3.8, 4) is 0 Å². The lowest BCUT2D eigenvalue weighted by molar-refractivity contribution is 0.0511. The summed E-state index contributed by atoms with van der Waals surface area (Å²) >= 11 is 0. The van der Waals surface area contributed by atoms with Crippen molar-refractivity contribution in [2.75, 3.05) is 11.9 Å². The summed E-state index contributed by atoms with van der Waals surface area (Å²) in [6.45, 7) is 9.42. The maximum absolute atomic E-state index is 13.0. The molecule has 1 aromatic rings. The Kier molecular flexibility index (Phi) is 5.27. The van der Waals surface area contributed by atoms with Gasteiger partial charge in [-0.1, -0.05) is 18.6 Å². The number of piperidine rings is 1. The molecular weight excluding hydrogens is 260 g/mol. The van der Waals surface area contributed by atoms with Crippen molar-refractivity contribution in [2.24, 2.45) is 0 Å². The fourth-order valence-electron chi connectivity index (χ4n) is 3.21. The molecular formula is C18H28N2O. The molecule has 0 spiro atoms. The van der Waals surface area contributed by atoms with Gasteiger partial charge in [0.2, 0.25) is 0 Å². The molecule has 3 heteroatoms. The highest BCUT2D eigenvalue weighted by Crippen LogP contribution is 2.27. The number of carbonyl (C=O) groups is 1. The van der Waals surface area contributed by atoms with Crippen LogP contribution in [0.5, 0.6) is 0 Å². The number of benzene rings is 1. The Bertz CT molecular complexity index is 488. The van der Waals surface area contributed by atoms with Crippen LogP contribution >= 0.6 is 0 Å². The van der Waals surface area contributed by atoms with Crippen LogP contribution in [0.25, 0.3) is 0 Å². The molecule has 0 bridgehead atoms. The summed E-state index contributed by atoms with van der Waals surface area (Å²) < 4.78 is 0. The molecule has 116 valence electrons. The van der Waals surface area contributed by atoms with Crippen molar-refractivity contribution < 1.29 is 4.79 Å². The van der Waals surface area contributed by atoms with Crippen LogP contribution in [0.3, 0.4) is 0 Å². The number of nitrogens with one attached hydrogen (secondary N) is 1. The fourth-order valence-corrected chi connectivity index (χ4v) is 3.21. The molecule has 1 amide bonds. The molecule has 2 atom stereocenters. The summed E-state index contributed by atoms with van der Waals surface area (Å²) in [5, 5.41) is 3.39. The van der Waals surface area contributed by atoms with Crippen LogP contribution in [0.15, 0.2) is 18.2 Å². The molecule has 2 rings (SSSR count). The Labute approximate surface area is 128 Å². The van der Waals surface area contributed by atoms with Gasteiger partial charge in [0.25, 0.3) is 5.91 Å². The van der Waals surface area contributed by atoms with Crippen LogP contribution in [-0.4, -0.2) is 29.4 Å². The van der Waals surface area contributed by atoms with Gasteiger partial charge in [-0.05, 0) is 58.6 Å². The highest BCUT2D eigenvalue weighted by molar-refractivity contribution is 6.00. The van der Waals surface area contributed by atoms with Crippen molar-refractivity contribution in [2.45, 2.75) is 65.5 Å². The lowest BCUT2D eigenvalue weighted by atomic mass is 9.95. The third kappa shape index (κ3) is 3.58. The Morgan fingerprint density at radius 1 is 1.29 bits per heavy atom. The minimum atomic E-state index is 0.178. The smallest absolute Gasteiger partial charge is 0.256 e. The number of carbonyl (C=O) groups excluding carboxylic acids is 1. The van der Waals surface area contributed by atoms with Gasteiger partial charge in [0.1, 0.15) is 0 Å². The van der Waals surface area contributed by atoms with Crippen LogP contribution in [0.1, 0.15) is 62.4 Å². The summed E-state index contributed by atoms with van der Waals surface area (Å²) in [4.78, 5) is 15.1. The van der Waals surface area contributed by atoms with Crippen molar-refractivity contribution in [1.82, 2.24) is 4.90 Å². The topological polar surface area (TPSA) is 32.3 Å². The van der Waals surface area contributed by atoms with Crippen molar-refractivity contribution >= 4 is 11.6 Å². The predicted molar refractivity (Wildman–Crippen MR) is 88.9 cm³/mol. The average molecular weight is 288 g/mol. The molecule has 1 heterocycles. The molecule has 0 saturated carbocycles. The third-order valence-corrected chi connectivity index (χ3v) is 4.40. The van der Waals surface area contributed by atoms with Crippen molar-refractivity contribution in [1.29, 1.82) is 0 Å². The zero-order valence-electron chi connectivity index (χ0n) is 13.8. The summed E-state index contributed by atoms with van der Waals surface area (Å²) in [6.07, 6.45) is 4.50. The fraction of sp³-hybridized carbons (Fsp3) is 0.611. The van der Waals surface area contributed by atoms with Gasteiger partial charge in [-0.15, -0.1) is 0 Å². The zero-order valence-corrected chi connectivity index (χ0v) is 13.8. The molecule has 1 aromatic carbocycles. The normalized spacial score (nSPS) is 22.2. The molecule has 1 saturated heterocycles. The van der Waals surface area contributed by atoms with E-state index in [9.17, 15) is 4.79 Å². The first kappa shape index (κ1) is 15.9. The lowest BCUT2D eigenvalue weighted by Gasteiger charge is -2.39. The van der Waals surface area contributed by atoms with E-state index < -0.39 is 0 Å². The number of nitrogens with zero attached hydrogens (tertiary/aromatic N) is 1. The summed E-state index contributed by atoms with van der Waals surface area (Å²) in [5.74, 6) is 0.178. The molecule has 1 aliphatic heterocycles. The number of rotatable bonds is 4. The first-order chi connectivity index (χ1) is 10.0. The van der Waals surface area contributed by atoms with Crippen LogP contribution in [-0.2, 0) is 0 Å². The summed E-state index contributed by atoms with van der Waals surface area (Å²) in [5.41, 5.74) is 2.93. The largest absolute Gasteiger partial charge is 0.384 e. The van der Waals surface area contributed by atoms with Gasteiger partial charge in [0.15, 0.2) is 0 Å². The maximum Gasteiger partial charge on any atom is 0.256 e. The van der Waals surface area contributed by atoms with E-state index in [1.54, 1.807) is 0 Å². The van der Waals surface area contributed by atoms with E-state index in [0.29, 0.717) is 12.1 Å². The maximum atomic E-state index is 13.0. The van der Waals surface area contributed by atoms with E-state index in [4.69, 9.17) is 0 Å². The molecule has 1 N–H and O–H groups in total. The van der Waals surface area contributed by atoms with Gasteiger partial charge in [0.05, 0.1) is 5.56 Å². The van der Waals surface area contributed by atoms with E-state index in [0.717, 1.165) is 42.6 Å². The predicted octanol–water partition coefficient (Wildman–Crippen LogP) is 4.22. The number of likely N-dealkylation sites (tertiary alicyclic amines) is 1. The van der Waals surface area contributed by atoms with E-state index in [1.165, 1.54) is 6.42 Å². The molecule has 0 unspecified atom stereocenters. The SMILES string of the molecule is CCCNc1ccc(C)cc1C(=O)N1[C@H](C)CCC[C@@H]1C. The number of hydrogen-bond acceptors (Lipinski definition) is 2. The number of hydrogen-bond donors (Lipinski definition) is 1. The second-order valence-electron chi connectivity index (χ2n) is 6.32. The Morgan fingerprint density at radius 2 is 1.95 bits per heavy atom. The molecule has 1 fully saturated rings. The quantitative estimate of drug-likeness (QED) is 0.899. The first-order valence-corrected chi connectivity index (χ1v) is 8.21. The number of aryl methyl sites for hydroxylation is 1. The number of anilines is 1. The van der Waals surface area contributed by atoms with E-state index in [1.807, 2.05) is 19.1 Å². The van der Waals surface area contributed by atoms with Gasteiger partial charge in [-0.25, -0.2) is 0 Å². The van der Waals surface area contributed by atoms with Gasteiger partial charge < -0.3 is 10.2 Å². The standard InChI is InChI=1S/C18H28N2O/c1-5-11-19-17-10-9-13(2)12-16(17)18(21)20-14(3)7-6-8-15(20)4/h9-10,12,14-15,19H,5-8,11H2,1-4H3/t14-,15+. The molecule has 0 aliphatic carbocycles. The molecule has 3 nitrogen and oxygen atoms in total. The van der Waals surface area contributed by atoms with Crippen LogP contribution in [0.4, 0.5) is 5.69 Å². The second kappa shape index (κ2) is 6.97. The lowest BCUT2D eigenvalue weighted by Crippen LogP contribution is -2.47. The molecule has 0 aromatic heterocycles.